The Morgan fingerprint density at radius 2 is 1.86 bits per heavy atom. The van der Waals surface area contributed by atoms with E-state index in [-0.39, 0.29) is 11.8 Å². The monoisotopic (exact) mass is 405 g/mol. The molecule has 1 N–H and O–H groups in total. The fourth-order valence-corrected chi connectivity index (χ4v) is 3.70. The molecule has 146 valence electrons. The first-order valence-electron chi connectivity index (χ1n) is 9.07. The van der Waals surface area contributed by atoms with E-state index in [1.54, 1.807) is 12.1 Å². The lowest BCUT2D eigenvalue weighted by Crippen LogP contribution is -2.19. The smallest absolute Gasteiger partial charge is 0.284 e. The summed E-state index contributed by atoms with van der Waals surface area (Å²) in [5.41, 5.74) is 3.71. The molecule has 0 bridgehead atoms. The number of furan rings is 1. The third kappa shape index (κ3) is 4.41. The summed E-state index contributed by atoms with van der Waals surface area (Å²) < 4.78 is 11.0. The highest BCUT2D eigenvalue weighted by atomic mass is 32.2. The minimum absolute atomic E-state index is 0.160. The second-order valence-electron chi connectivity index (χ2n) is 6.57. The molecular formula is C22H19N3O3S. The molecule has 2 heterocycles. The number of anilines is 1. The molecule has 7 heteroatoms. The van der Waals surface area contributed by atoms with E-state index in [1.807, 2.05) is 62.4 Å². The number of aromatic nitrogens is 2. The molecule has 1 atom stereocenters. The van der Waals surface area contributed by atoms with Crippen molar-refractivity contribution in [1.82, 2.24) is 10.2 Å². The summed E-state index contributed by atoms with van der Waals surface area (Å²) in [4.78, 5) is 13.2. The number of nitrogens with one attached hydrogen (secondary N) is 1. The van der Waals surface area contributed by atoms with E-state index in [0.717, 1.165) is 22.4 Å². The van der Waals surface area contributed by atoms with Crippen molar-refractivity contribution in [3.8, 4) is 11.7 Å². The van der Waals surface area contributed by atoms with Crippen molar-refractivity contribution in [1.29, 1.82) is 0 Å². The van der Waals surface area contributed by atoms with Crippen LogP contribution in [-0.4, -0.2) is 16.1 Å². The first kappa shape index (κ1) is 19.0. The van der Waals surface area contributed by atoms with E-state index in [4.69, 9.17) is 8.83 Å². The molecule has 4 rings (SSSR count). The molecule has 0 saturated heterocycles. The number of rotatable bonds is 6. The molecule has 2 aromatic carbocycles. The Labute approximate surface area is 172 Å². The van der Waals surface area contributed by atoms with Crippen molar-refractivity contribution in [3.05, 3.63) is 83.6 Å². The van der Waals surface area contributed by atoms with Crippen molar-refractivity contribution in [3.63, 3.8) is 0 Å². The molecule has 0 fully saturated rings. The lowest BCUT2D eigenvalue weighted by atomic mass is 10.1. The maximum atomic E-state index is 13.2. The fraction of sp³-hybridized carbons (Fsp3) is 0.136. The van der Waals surface area contributed by atoms with Gasteiger partial charge in [-0.2, -0.15) is 0 Å². The van der Waals surface area contributed by atoms with E-state index in [1.165, 1.54) is 18.0 Å². The third-order valence-corrected chi connectivity index (χ3v) is 5.44. The van der Waals surface area contributed by atoms with Gasteiger partial charge in [-0.25, -0.2) is 0 Å². The van der Waals surface area contributed by atoms with Crippen LogP contribution in [0.2, 0.25) is 0 Å². The van der Waals surface area contributed by atoms with Crippen LogP contribution in [0.5, 0.6) is 0 Å². The van der Waals surface area contributed by atoms with Crippen molar-refractivity contribution in [2.75, 3.05) is 5.32 Å². The summed E-state index contributed by atoms with van der Waals surface area (Å²) >= 11 is 1.20. The molecule has 1 unspecified atom stereocenters. The van der Waals surface area contributed by atoms with Gasteiger partial charge >= 0.3 is 0 Å². The Balaban J connectivity index is 1.60. The average Bonchev–Trinajstić information content (AvgIpc) is 3.41. The van der Waals surface area contributed by atoms with Gasteiger partial charge in [0.05, 0.1) is 6.26 Å². The van der Waals surface area contributed by atoms with Gasteiger partial charge in [0.25, 0.3) is 11.1 Å². The maximum absolute atomic E-state index is 13.2. The van der Waals surface area contributed by atoms with Gasteiger partial charge in [0.2, 0.25) is 5.91 Å². The van der Waals surface area contributed by atoms with Crippen LogP contribution in [0.25, 0.3) is 11.7 Å². The van der Waals surface area contributed by atoms with E-state index < -0.39 is 5.25 Å². The Kier molecular flexibility index (Phi) is 5.48. The number of aryl methyl sites for hydroxylation is 2. The summed E-state index contributed by atoms with van der Waals surface area (Å²) in [6, 6.07) is 19.0. The number of amides is 1. The molecule has 4 aromatic rings. The first-order chi connectivity index (χ1) is 14.1. The van der Waals surface area contributed by atoms with Gasteiger partial charge in [-0.05, 0) is 60.5 Å². The molecule has 2 aromatic heterocycles. The molecular weight excluding hydrogens is 386 g/mol. The van der Waals surface area contributed by atoms with Crippen molar-refractivity contribution < 1.29 is 13.6 Å². The van der Waals surface area contributed by atoms with E-state index >= 15 is 0 Å². The maximum Gasteiger partial charge on any atom is 0.284 e. The number of carbonyl (C=O) groups excluding carboxylic acids is 1. The Hall–Kier alpha value is -3.32. The molecule has 0 aliphatic heterocycles. The van der Waals surface area contributed by atoms with Crippen molar-refractivity contribution >= 4 is 23.4 Å². The zero-order valence-corrected chi connectivity index (χ0v) is 16.8. The molecule has 1 amide bonds. The van der Waals surface area contributed by atoms with Gasteiger partial charge in [-0.1, -0.05) is 42.5 Å². The fourth-order valence-electron chi connectivity index (χ4n) is 2.83. The van der Waals surface area contributed by atoms with E-state index in [2.05, 4.69) is 15.5 Å². The highest BCUT2D eigenvalue weighted by molar-refractivity contribution is 8.00. The zero-order chi connectivity index (χ0) is 20.2. The lowest BCUT2D eigenvalue weighted by molar-refractivity contribution is -0.115. The minimum atomic E-state index is -0.555. The molecule has 0 radical (unpaired) electrons. The standard InChI is InChI=1S/C22H19N3O3S/c1-14-10-11-15(2)17(13-14)23-20(26)19(16-7-4-3-5-8-16)29-22-25-24-21(28-22)18-9-6-12-27-18/h3-13,19H,1-2H3,(H,23,26). The molecule has 29 heavy (non-hydrogen) atoms. The van der Waals surface area contributed by atoms with Gasteiger partial charge in [-0.15, -0.1) is 10.2 Å². The Morgan fingerprint density at radius 3 is 2.62 bits per heavy atom. The molecule has 6 nitrogen and oxygen atoms in total. The van der Waals surface area contributed by atoms with Gasteiger partial charge < -0.3 is 14.2 Å². The van der Waals surface area contributed by atoms with Crippen LogP contribution in [0.4, 0.5) is 5.69 Å². The molecule has 0 saturated carbocycles. The highest BCUT2D eigenvalue weighted by Gasteiger charge is 2.26. The van der Waals surface area contributed by atoms with Crippen LogP contribution in [-0.2, 0) is 4.79 Å². The SMILES string of the molecule is Cc1ccc(C)c(NC(=O)C(Sc2nnc(-c3ccco3)o2)c2ccccc2)c1. The van der Waals surface area contributed by atoms with Crippen LogP contribution < -0.4 is 5.32 Å². The number of benzene rings is 2. The van der Waals surface area contributed by atoms with Gasteiger partial charge in [0.1, 0.15) is 5.25 Å². The predicted molar refractivity (Wildman–Crippen MR) is 112 cm³/mol. The second kappa shape index (κ2) is 8.36. The predicted octanol–water partition coefficient (Wildman–Crippen LogP) is 5.42. The van der Waals surface area contributed by atoms with Gasteiger partial charge in [0.15, 0.2) is 5.76 Å². The van der Waals surface area contributed by atoms with Gasteiger partial charge in [0, 0.05) is 5.69 Å². The van der Waals surface area contributed by atoms with Crippen LogP contribution in [0, 0.1) is 13.8 Å². The number of hydrogen-bond acceptors (Lipinski definition) is 6. The molecule has 0 spiro atoms. The van der Waals surface area contributed by atoms with Crippen LogP contribution in [0.1, 0.15) is 21.9 Å². The number of carbonyl (C=O) groups is 1. The van der Waals surface area contributed by atoms with E-state index in [9.17, 15) is 4.79 Å². The third-order valence-electron chi connectivity index (χ3n) is 4.35. The number of hydrogen-bond donors (Lipinski definition) is 1. The normalized spacial score (nSPS) is 11.9. The largest absolute Gasteiger partial charge is 0.459 e. The second-order valence-corrected chi connectivity index (χ2v) is 7.62. The highest BCUT2D eigenvalue weighted by Crippen LogP contribution is 2.37. The summed E-state index contributed by atoms with van der Waals surface area (Å²) in [6.07, 6.45) is 1.54. The number of thioether (sulfide) groups is 1. The average molecular weight is 405 g/mol. The van der Waals surface area contributed by atoms with Crippen LogP contribution in [0.15, 0.2) is 81.0 Å². The quantitative estimate of drug-likeness (QED) is 0.432. The van der Waals surface area contributed by atoms with Crippen LogP contribution >= 0.6 is 11.8 Å². The number of nitrogens with zero attached hydrogens (tertiary/aromatic N) is 2. The Morgan fingerprint density at radius 1 is 1.03 bits per heavy atom. The van der Waals surface area contributed by atoms with Crippen molar-refractivity contribution in [2.45, 2.75) is 24.3 Å². The van der Waals surface area contributed by atoms with Gasteiger partial charge in [-0.3, -0.25) is 4.79 Å². The summed E-state index contributed by atoms with van der Waals surface area (Å²) in [7, 11) is 0. The van der Waals surface area contributed by atoms with E-state index in [0.29, 0.717) is 11.0 Å². The summed E-state index contributed by atoms with van der Waals surface area (Å²) in [5.74, 6) is 0.604. The molecule has 0 aliphatic carbocycles. The summed E-state index contributed by atoms with van der Waals surface area (Å²) in [6.45, 7) is 3.96. The summed E-state index contributed by atoms with van der Waals surface area (Å²) in [5, 5.41) is 10.9. The topological polar surface area (TPSA) is 81.2 Å². The minimum Gasteiger partial charge on any atom is -0.459 e. The molecule has 0 aliphatic rings. The first-order valence-corrected chi connectivity index (χ1v) is 9.95. The zero-order valence-electron chi connectivity index (χ0n) is 16.0. The van der Waals surface area contributed by atoms with Crippen molar-refractivity contribution in [2.24, 2.45) is 0 Å². The lowest BCUT2D eigenvalue weighted by Gasteiger charge is -2.16. The Bertz CT molecular complexity index is 1110. The van der Waals surface area contributed by atoms with Crippen LogP contribution in [0.3, 0.4) is 0 Å².